The molecule has 0 bridgehead atoms. The molecule has 0 amide bonds. The van der Waals surface area contributed by atoms with Gasteiger partial charge in [0.25, 0.3) is 0 Å². The molecule has 0 saturated heterocycles. The van der Waals surface area contributed by atoms with Gasteiger partial charge in [-0.2, -0.15) is 0 Å². The molecule has 1 aromatic rings. The summed E-state index contributed by atoms with van der Waals surface area (Å²) in [6.45, 7) is 0. The van der Waals surface area contributed by atoms with Gasteiger partial charge in [-0.3, -0.25) is 4.98 Å². The molecular weight excluding hydrogens is 224 g/mol. The lowest BCUT2D eigenvalue weighted by Gasteiger charge is -2.54. The first-order chi connectivity index (χ1) is 8.81. The average molecular weight is 246 g/mol. The normalized spacial score (nSPS) is 30.5. The summed E-state index contributed by atoms with van der Waals surface area (Å²) in [5.41, 5.74) is 6.55. The molecule has 2 aliphatic rings. The summed E-state index contributed by atoms with van der Waals surface area (Å²) in [5, 5.41) is 0. The highest BCUT2D eigenvalue weighted by molar-refractivity contribution is 5.19. The largest absolute Gasteiger partial charge is 0.488 e. The van der Waals surface area contributed by atoms with Gasteiger partial charge in [0, 0.05) is 24.1 Å². The fraction of sp³-hybridized carbons (Fsp3) is 0.667. The Balaban J connectivity index is 1.72. The minimum Gasteiger partial charge on any atom is -0.488 e. The standard InChI is InChI=1S/C15H22N2O/c16-13-10-14(18-12-6-5-9-17-11-12)15(13)7-3-1-2-4-8-15/h5-6,9,11,13-14H,1-4,7-8,10,16H2. The van der Waals surface area contributed by atoms with Crippen LogP contribution in [-0.2, 0) is 0 Å². The number of hydrogen-bond acceptors (Lipinski definition) is 3. The molecule has 2 fully saturated rings. The van der Waals surface area contributed by atoms with Crippen molar-refractivity contribution in [2.24, 2.45) is 11.1 Å². The first-order valence-electron chi connectivity index (χ1n) is 7.13. The molecule has 1 aromatic heterocycles. The maximum Gasteiger partial charge on any atom is 0.138 e. The number of nitrogens with two attached hydrogens (primary N) is 1. The zero-order valence-electron chi connectivity index (χ0n) is 10.8. The molecular formula is C15H22N2O. The van der Waals surface area contributed by atoms with Gasteiger partial charge in [-0.15, -0.1) is 0 Å². The van der Waals surface area contributed by atoms with Gasteiger partial charge in [0.2, 0.25) is 0 Å². The zero-order chi connectivity index (χ0) is 12.4. The molecule has 0 aromatic carbocycles. The lowest BCUT2D eigenvalue weighted by molar-refractivity contribution is -0.0771. The van der Waals surface area contributed by atoms with Gasteiger partial charge in [-0.25, -0.2) is 0 Å². The van der Waals surface area contributed by atoms with E-state index in [1.54, 1.807) is 12.4 Å². The van der Waals surface area contributed by atoms with Gasteiger partial charge in [-0.05, 0) is 25.0 Å². The Kier molecular flexibility index (Phi) is 3.25. The van der Waals surface area contributed by atoms with Crippen molar-refractivity contribution >= 4 is 0 Å². The molecule has 2 N–H and O–H groups in total. The van der Waals surface area contributed by atoms with Crippen LogP contribution in [0, 0.1) is 5.41 Å². The first kappa shape index (κ1) is 12.0. The molecule has 3 nitrogen and oxygen atoms in total. The zero-order valence-corrected chi connectivity index (χ0v) is 10.8. The number of hydrogen-bond donors (Lipinski definition) is 1. The van der Waals surface area contributed by atoms with Crippen molar-refractivity contribution in [1.29, 1.82) is 0 Å². The second kappa shape index (κ2) is 4.88. The Labute approximate surface area is 109 Å². The topological polar surface area (TPSA) is 48.1 Å². The van der Waals surface area contributed by atoms with E-state index in [9.17, 15) is 0 Å². The van der Waals surface area contributed by atoms with Crippen molar-refractivity contribution in [3.63, 3.8) is 0 Å². The Morgan fingerprint density at radius 2 is 2.00 bits per heavy atom. The monoisotopic (exact) mass is 246 g/mol. The summed E-state index contributed by atoms with van der Waals surface area (Å²) < 4.78 is 6.13. The van der Waals surface area contributed by atoms with Crippen LogP contribution in [0.2, 0.25) is 0 Å². The molecule has 18 heavy (non-hydrogen) atoms. The van der Waals surface area contributed by atoms with E-state index in [1.807, 2.05) is 12.1 Å². The summed E-state index contributed by atoms with van der Waals surface area (Å²) >= 11 is 0. The van der Waals surface area contributed by atoms with Crippen LogP contribution in [-0.4, -0.2) is 17.1 Å². The van der Waals surface area contributed by atoms with Crippen LogP contribution in [0.5, 0.6) is 5.75 Å². The third-order valence-electron chi connectivity index (χ3n) is 4.79. The van der Waals surface area contributed by atoms with Crippen LogP contribution in [0.4, 0.5) is 0 Å². The van der Waals surface area contributed by atoms with E-state index < -0.39 is 0 Å². The minimum atomic E-state index is 0.242. The van der Waals surface area contributed by atoms with E-state index in [2.05, 4.69) is 4.98 Å². The molecule has 1 heterocycles. The molecule has 0 aliphatic heterocycles. The molecule has 98 valence electrons. The van der Waals surface area contributed by atoms with Crippen LogP contribution < -0.4 is 10.5 Å². The molecule has 3 rings (SSSR count). The van der Waals surface area contributed by atoms with Crippen LogP contribution >= 0.6 is 0 Å². The number of ether oxygens (including phenoxy) is 1. The number of aromatic nitrogens is 1. The van der Waals surface area contributed by atoms with Gasteiger partial charge in [0.15, 0.2) is 0 Å². The summed E-state index contributed by atoms with van der Waals surface area (Å²) in [7, 11) is 0. The van der Waals surface area contributed by atoms with Crippen molar-refractivity contribution in [2.45, 2.75) is 57.1 Å². The van der Waals surface area contributed by atoms with Crippen LogP contribution in [0.3, 0.4) is 0 Å². The van der Waals surface area contributed by atoms with Crippen LogP contribution in [0.25, 0.3) is 0 Å². The highest BCUT2D eigenvalue weighted by atomic mass is 16.5. The Hall–Kier alpha value is -1.09. The summed E-state index contributed by atoms with van der Waals surface area (Å²) in [6, 6.07) is 4.24. The maximum atomic E-state index is 6.31. The van der Waals surface area contributed by atoms with E-state index >= 15 is 0 Å². The van der Waals surface area contributed by atoms with E-state index in [1.165, 1.54) is 38.5 Å². The molecule has 1 spiro atoms. The quantitative estimate of drug-likeness (QED) is 0.873. The van der Waals surface area contributed by atoms with E-state index in [0.717, 1.165) is 12.2 Å². The predicted octanol–water partition coefficient (Wildman–Crippen LogP) is 2.90. The number of nitrogens with zero attached hydrogens (tertiary/aromatic N) is 1. The van der Waals surface area contributed by atoms with Gasteiger partial charge >= 0.3 is 0 Å². The number of rotatable bonds is 2. The summed E-state index contributed by atoms with van der Waals surface area (Å²) in [4.78, 5) is 4.11. The lowest BCUT2D eigenvalue weighted by atomic mass is 9.58. The maximum absolute atomic E-state index is 6.31. The number of pyridine rings is 1. The van der Waals surface area contributed by atoms with E-state index in [4.69, 9.17) is 10.5 Å². The van der Waals surface area contributed by atoms with E-state index in [-0.39, 0.29) is 5.41 Å². The van der Waals surface area contributed by atoms with Crippen LogP contribution in [0.1, 0.15) is 44.9 Å². The second-order valence-corrected chi connectivity index (χ2v) is 5.78. The fourth-order valence-electron chi connectivity index (χ4n) is 3.60. The molecule has 2 saturated carbocycles. The summed E-state index contributed by atoms with van der Waals surface area (Å²) in [6.07, 6.45) is 12.7. The molecule has 0 radical (unpaired) electrons. The Morgan fingerprint density at radius 3 is 2.61 bits per heavy atom. The van der Waals surface area contributed by atoms with Crippen molar-refractivity contribution in [3.8, 4) is 5.75 Å². The average Bonchev–Trinajstić information content (AvgIpc) is 2.67. The molecule has 3 heteroatoms. The summed E-state index contributed by atoms with van der Waals surface area (Å²) in [5.74, 6) is 0.887. The Morgan fingerprint density at radius 1 is 1.22 bits per heavy atom. The third kappa shape index (κ3) is 2.01. The fourth-order valence-corrected chi connectivity index (χ4v) is 3.60. The highest BCUT2D eigenvalue weighted by Gasteiger charge is 2.54. The highest BCUT2D eigenvalue weighted by Crippen LogP contribution is 2.51. The van der Waals surface area contributed by atoms with E-state index in [0.29, 0.717) is 12.1 Å². The molecule has 2 unspecified atom stereocenters. The van der Waals surface area contributed by atoms with Gasteiger partial charge < -0.3 is 10.5 Å². The minimum absolute atomic E-state index is 0.242. The van der Waals surface area contributed by atoms with Crippen molar-refractivity contribution in [3.05, 3.63) is 24.5 Å². The predicted molar refractivity (Wildman–Crippen MR) is 71.4 cm³/mol. The second-order valence-electron chi connectivity index (χ2n) is 5.78. The van der Waals surface area contributed by atoms with Crippen LogP contribution in [0.15, 0.2) is 24.5 Å². The van der Waals surface area contributed by atoms with Crippen molar-refractivity contribution in [1.82, 2.24) is 4.98 Å². The smallest absolute Gasteiger partial charge is 0.138 e. The van der Waals surface area contributed by atoms with Crippen molar-refractivity contribution in [2.75, 3.05) is 0 Å². The first-order valence-corrected chi connectivity index (χ1v) is 7.13. The van der Waals surface area contributed by atoms with Gasteiger partial charge in [0.1, 0.15) is 11.9 Å². The SMILES string of the molecule is NC1CC(Oc2cccnc2)C12CCCCCC2. The molecule has 2 atom stereocenters. The third-order valence-corrected chi connectivity index (χ3v) is 4.79. The Bertz CT molecular complexity index is 385. The van der Waals surface area contributed by atoms with Gasteiger partial charge in [0.05, 0.1) is 6.20 Å². The molecule has 2 aliphatic carbocycles. The lowest BCUT2D eigenvalue weighted by Crippen LogP contribution is -2.63. The van der Waals surface area contributed by atoms with Crippen molar-refractivity contribution < 1.29 is 4.74 Å². The van der Waals surface area contributed by atoms with Gasteiger partial charge in [-0.1, -0.05) is 25.7 Å².